The second kappa shape index (κ2) is 112. The van der Waals surface area contributed by atoms with Crippen LogP contribution in [0.1, 0.15) is 194 Å². The Labute approximate surface area is 374 Å². The van der Waals surface area contributed by atoms with Gasteiger partial charge in [0.05, 0.1) is 12.2 Å². The first-order chi connectivity index (χ1) is 28.4. The van der Waals surface area contributed by atoms with Gasteiger partial charge in [-0.05, 0) is 102 Å². The van der Waals surface area contributed by atoms with Gasteiger partial charge in [0, 0.05) is 122 Å². The molecule has 0 bridgehead atoms. The Morgan fingerprint density at radius 1 is 0.271 bits per heavy atom. The van der Waals surface area contributed by atoms with Crippen molar-refractivity contribution >= 4 is 0 Å². The summed E-state index contributed by atoms with van der Waals surface area (Å²) in [5.74, 6) is 0. The molecule has 0 saturated carbocycles. The molecule has 0 rings (SSSR count). The maximum Gasteiger partial charge on any atom is 0.0518 e. The van der Waals surface area contributed by atoms with Gasteiger partial charge in [-0.2, -0.15) is 0 Å². The topological polar surface area (TPSA) is 92.3 Å². The van der Waals surface area contributed by atoms with Gasteiger partial charge in [-0.15, -0.1) is 0 Å². The molecule has 0 aliphatic rings. The first-order valence-electron chi connectivity index (χ1n) is 23.6. The summed E-state index contributed by atoms with van der Waals surface area (Å²) in [5.41, 5.74) is 0. The molecule has 0 aliphatic carbocycles. The molecule has 0 aliphatic heterocycles. The standard InChI is InChI=1S/C9H20O.C7H16O.C6H14O.2C5H12O.2C4H10O.3C3H8O/c1-3-4-5-6-7-8-9-10-2;1-3-4-5-6-7-8-2;1-3-5-6-7-4-2;1-4-6-5(2)3;1-3-4-5-6-2;1-4(2)5-3;1-3-5-4-2;3*1-3-4-2/h3-9H2,1-2H3;3-7H2,1-2H3;3-6H2,1-2H3;5H,4H2,1-3H3;3-5H2,1-2H3;4H,1-3H3;3-4H2,1-2H3;3*3H2,1-2H3. The van der Waals surface area contributed by atoms with E-state index in [1.54, 1.807) is 49.8 Å². The van der Waals surface area contributed by atoms with Crippen molar-refractivity contribution in [2.24, 2.45) is 0 Å². The van der Waals surface area contributed by atoms with Gasteiger partial charge < -0.3 is 47.4 Å². The van der Waals surface area contributed by atoms with Crippen molar-refractivity contribution in [1.29, 1.82) is 0 Å². The molecule has 10 heteroatoms. The highest BCUT2D eigenvalue weighted by molar-refractivity contribution is 4.42. The lowest BCUT2D eigenvalue weighted by Crippen LogP contribution is -1.99. The zero-order valence-corrected chi connectivity index (χ0v) is 44.9. The van der Waals surface area contributed by atoms with Crippen molar-refractivity contribution in [2.75, 3.05) is 122 Å². The smallest absolute Gasteiger partial charge is 0.0518 e. The summed E-state index contributed by atoms with van der Waals surface area (Å²) in [6, 6.07) is 0. The van der Waals surface area contributed by atoms with Crippen LogP contribution in [-0.4, -0.2) is 135 Å². The highest BCUT2D eigenvalue weighted by Gasteiger charge is 1.88. The largest absolute Gasteiger partial charge is 0.385 e. The minimum absolute atomic E-state index is 0.384. The summed E-state index contributed by atoms with van der Waals surface area (Å²) in [7, 11) is 12.0. The Bertz CT molecular complexity index is 435. The number of methoxy groups -OCH3 is 7. The summed E-state index contributed by atoms with van der Waals surface area (Å²) in [6.45, 7) is 40.3. The van der Waals surface area contributed by atoms with Crippen molar-refractivity contribution in [3.63, 3.8) is 0 Å². The number of hydrogen-bond acceptors (Lipinski definition) is 10. The van der Waals surface area contributed by atoms with Crippen LogP contribution in [0, 0.1) is 0 Å². The van der Waals surface area contributed by atoms with Gasteiger partial charge in [-0.25, -0.2) is 0 Å². The van der Waals surface area contributed by atoms with Crippen LogP contribution in [0.25, 0.3) is 0 Å². The zero-order valence-electron chi connectivity index (χ0n) is 44.9. The fourth-order valence-electron chi connectivity index (χ4n) is 2.92. The molecule has 0 heterocycles. The first kappa shape index (κ1) is 82.3. The lowest BCUT2D eigenvalue weighted by molar-refractivity contribution is 0.0899. The van der Waals surface area contributed by atoms with Crippen LogP contribution in [0.3, 0.4) is 0 Å². The van der Waals surface area contributed by atoms with E-state index in [-0.39, 0.29) is 0 Å². The van der Waals surface area contributed by atoms with Crippen molar-refractivity contribution in [1.82, 2.24) is 0 Å². The summed E-state index contributed by atoms with van der Waals surface area (Å²) in [5, 5.41) is 0. The minimum Gasteiger partial charge on any atom is -0.385 e. The normalized spacial score (nSPS) is 9.15. The van der Waals surface area contributed by atoms with E-state index in [2.05, 4.69) is 41.9 Å². The maximum absolute atomic E-state index is 5.07. The molecular weight excluding hydrogens is 749 g/mol. The van der Waals surface area contributed by atoms with E-state index in [9.17, 15) is 0 Å². The second-order valence-corrected chi connectivity index (χ2v) is 13.0. The third-order valence-electron chi connectivity index (χ3n) is 6.70. The Morgan fingerprint density at radius 2 is 0.542 bits per heavy atom. The van der Waals surface area contributed by atoms with Crippen LogP contribution in [-0.2, 0) is 47.4 Å². The molecular formula is C49H118O10. The Kier molecular flexibility index (Phi) is 156. The molecule has 0 aromatic heterocycles. The fourth-order valence-corrected chi connectivity index (χ4v) is 2.92. The highest BCUT2D eigenvalue weighted by Crippen LogP contribution is 2.04. The van der Waals surface area contributed by atoms with E-state index >= 15 is 0 Å². The quantitative estimate of drug-likeness (QED) is 0.0743. The number of rotatable bonds is 27. The Hall–Kier alpha value is -0.400. The van der Waals surface area contributed by atoms with E-state index in [0.29, 0.717) is 12.2 Å². The average molecular weight is 867 g/mol. The second-order valence-electron chi connectivity index (χ2n) is 13.0. The Morgan fingerprint density at radius 3 is 0.729 bits per heavy atom. The van der Waals surface area contributed by atoms with E-state index in [1.807, 2.05) is 76.2 Å². The lowest BCUT2D eigenvalue weighted by Gasteiger charge is -2.00. The number of ether oxygens (including phenoxy) is 10. The number of unbranched alkanes of at least 4 members (excludes halogenated alkanes) is 10. The van der Waals surface area contributed by atoms with Crippen molar-refractivity contribution < 1.29 is 47.4 Å². The predicted molar refractivity (Wildman–Crippen MR) is 263 cm³/mol. The van der Waals surface area contributed by atoms with Gasteiger partial charge in [-0.1, -0.05) is 91.9 Å². The minimum atomic E-state index is 0.384. The van der Waals surface area contributed by atoms with Crippen LogP contribution in [0.5, 0.6) is 0 Å². The van der Waals surface area contributed by atoms with Crippen molar-refractivity contribution in [3.8, 4) is 0 Å². The van der Waals surface area contributed by atoms with E-state index in [1.165, 1.54) is 89.9 Å². The van der Waals surface area contributed by atoms with Gasteiger partial charge in [0.25, 0.3) is 0 Å². The average Bonchev–Trinajstić information content (AvgIpc) is 3.25. The Balaban J connectivity index is -0.0000000574. The SMILES string of the molecule is CCCCCCCCOC.CCCCCCOC.CCCCOC.CCCCOCC.CCOC.CCOC.CCOC.CCOC(C)C.CCOCC.COC(C)C. The van der Waals surface area contributed by atoms with E-state index < -0.39 is 0 Å². The molecule has 10 nitrogen and oxygen atoms in total. The highest BCUT2D eigenvalue weighted by atomic mass is 16.5. The molecule has 0 aromatic carbocycles. The molecule has 59 heavy (non-hydrogen) atoms. The van der Waals surface area contributed by atoms with E-state index in [0.717, 1.165) is 72.7 Å². The van der Waals surface area contributed by atoms with Crippen LogP contribution in [0.15, 0.2) is 0 Å². The van der Waals surface area contributed by atoms with Crippen LogP contribution in [0.2, 0.25) is 0 Å². The van der Waals surface area contributed by atoms with Gasteiger partial charge in [0.15, 0.2) is 0 Å². The molecule has 0 saturated heterocycles. The zero-order chi connectivity index (χ0) is 47.9. The molecule has 374 valence electrons. The molecule has 0 N–H and O–H groups in total. The van der Waals surface area contributed by atoms with Gasteiger partial charge in [0.1, 0.15) is 0 Å². The lowest BCUT2D eigenvalue weighted by atomic mass is 10.1. The third kappa shape index (κ3) is 218. The summed E-state index contributed by atoms with van der Waals surface area (Å²) in [4.78, 5) is 0. The van der Waals surface area contributed by atoms with Crippen molar-refractivity contribution in [3.05, 3.63) is 0 Å². The molecule has 0 fully saturated rings. The monoisotopic (exact) mass is 867 g/mol. The molecule has 0 aromatic rings. The first-order valence-corrected chi connectivity index (χ1v) is 23.6. The fraction of sp³-hybridized carbons (Fsp3) is 1.00. The molecule has 0 radical (unpaired) electrons. The van der Waals surface area contributed by atoms with Crippen molar-refractivity contribution in [2.45, 2.75) is 206 Å². The van der Waals surface area contributed by atoms with Gasteiger partial charge >= 0.3 is 0 Å². The van der Waals surface area contributed by atoms with E-state index in [4.69, 9.17) is 33.2 Å². The molecule has 0 amide bonds. The third-order valence-corrected chi connectivity index (χ3v) is 6.70. The van der Waals surface area contributed by atoms with Gasteiger partial charge in [-0.3, -0.25) is 0 Å². The number of hydrogen-bond donors (Lipinski definition) is 0. The molecule has 0 unspecified atom stereocenters. The van der Waals surface area contributed by atoms with Crippen LogP contribution >= 0.6 is 0 Å². The predicted octanol–water partition coefficient (Wildman–Crippen LogP) is 13.9. The molecule has 0 atom stereocenters. The summed E-state index contributed by atoms with van der Waals surface area (Å²) < 4.78 is 47.9. The van der Waals surface area contributed by atoms with Gasteiger partial charge in [0.2, 0.25) is 0 Å². The molecule has 0 spiro atoms. The van der Waals surface area contributed by atoms with Crippen LogP contribution < -0.4 is 0 Å². The maximum atomic E-state index is 5.07. The summed E-state index contributed by atoms with van der Waals surface area (Å²) >= 11 is 0. The van der Waals surface area contributed by atoms with Crippen LogP contribution in [0.4, 0.5) is 0 Å². The summed E-state index contributed by atoms with van der Waals surface area (Å²) in [6.07, 6.45) is 19.0.